The monoisotopic (exact) mass is 200 g/mol. The normalized spacial score (nSPS) is 16.5. The van der Waals surface area contributed by atoms with Gasteiger partial charge in [0.1, 0.15) is 0 Å². The Morgan fingerprint density at radius 2 is 2.00 bits per heavy atom. The fourth-order valence-electron chi connectivity index (χ4n) is 2.17. The van der Waals surface area contributed by atoms with Crippen LogP contribution in [0.25, 0.3) is 0 Å². The molecule has 0 atom stereocenters. The van der Waals surface area contributed by atoms with Gasteiger partial charge in [-0.15, -0.1) is 0 Å². The molecule has 1 aliphatic carbocycles. The molecular weight excluding hydrogens is 184 g/mol. The highest BCUT2D eigenvalue weighted by Gasteiger charge is 2.14. The van der Waals surface area contributed by atoms with Crippen LogP contribution in [0.1, 0.15) is 36.8 Å². The van der Waals surface area contributed by atoms with Gasteiger partial charge >= 0.3 is 0 Å². The molecule has 1 N–H and O–H groups in total. The van der Waals surface area contributed by atoms with Crippen LogP contribution in [0, 0.1) is 11.3 Å². The van der Waals surface area contributed by atoms with Gasteiger partial charge in [0.15, 0.2) is 0 Å². The van der Waals surface area contributed by atoms with Gasteiger partial charge in [-0.25, -0.2) is 0 Å². The average Bonchev–Trinajstić information content (AvgIpc) is 2.79. The van der Waals surface area contributed by atoms with Crippen molar-refractivity contribution >= 4 is 0 Å². The zero-order valence-corrected chi connectivity index (χ0v) is 8.87. The molecular formula is C13H16N2. The summed E-state index contributed by atoms with van der Waals surface area (Å²) < 4.78 is 0. The molecule has 0 bridgehead atoms. The number of hydrogen-bond acceptors (Lipinski definition) is 2. The van der Waals surface area contributed by atoms with Crippen molar-refractivity contribution < 1.29 is 0 Å². The van der Waals surface area contributed by atoms with Crippen LogP contribution in [-0.2, 0) is 6.54 Å². The number of nitriles is 1. The lowest BCUT2D eigenvalue weighted by Crippen LogP contribution is -2.25. The first kappa shape index (κ1) is 10.2. The molecule has 0 unspecified atom stereocenters. The fraction of sp³-hybridized carbons (Fsp3) is 0.462. The van der Waals surface area contributed by atoms with Crippen molar-refractivity contribution in [3.05, 3.63) is 35.4 Å². The van der Waals surface area contributed by atoms with Crippen LogP contribution < -0.4 is 5.32 Å². The summed E-state index contributed by atoms with van der Waals surface area (Å²) in [7, 11) is 0. The first-order chi connectivity index (χ1) is 7.40. The lowest BCUT2D eigenvalue weighted by Gasteiger charge is -2.12. The van der Waals surface area contributed by atoms with Crippen LogP contribution >= 0.6 is 0 Å². The van der Waals surface area contributed by atoms with Gasteiger partial charge in [0.25, 0.3) is 0 Å². The second-order valence-corrected chi connectivity index (χ2v) is 4.13. The quantitative estimate of drug-likeness (QED) is 0.814. The second kappa shape index (κ2) is 4.95. The summed E-state index contributed by atoms with van der Waals surface area (Å²) in [6.45, 7) is 0.828. The maximum atomic E-state index is 8.93. The zero-order chi connectivity index (χ0) is 10.5. The number of benzene rings is 1. The minimum absolute atomic E-state index is 0.664. The maximum absolute atomic E-state index is 8.93. The van der Waals surface area contributed by atoms with Crippen molar-refractivity contribution in [3.8, 4) is 6.07 Å². The largest absolute Gasteiger partial charge is 0.310 e. The lowest BCUT2D eigenvalue weighted by atomic mass is 10.1. The smallest absolute Gasteiger partial charge is 0.0995 e. The third-order valence-electron chi connectivity index (χ3n) is 3.07. The zero-order valence-electron chi connectivity index (χ0n) is 8.87. The molecule has 2 rings (SSSR count). The molecule has 0 spiro atoms. The predicted octanol–water partition coefficient (Wildman–Crippen LogP) is 2.59. The van der Waals surface area contributed by atoms with Crippen LogP contribution in [-0.4, -0.2) is 6.04 Å². The van der Waals surface area contributed by atoms with E-state index in [9.17, 15) is 0 Å². The molecule has 0 aromatic heterocycles. The summed E-state index contributed by atoms with van der Waals surface area (Å²) in [4.78, 5) is 0. The van der Waals surface area contributed by atoms with E-state index < -0.39 is 0 Å². The van der Waals surface area contributed by atoms with Crippen molar-refractivity contribution in [1.82, 2.24) is 5.32 Å². The van der Waals surface area contributed by atoms with E-state index in [4.69, 9.17) is 5.26 Å². The van der Waals surface area contributed by atoms with Gasteiger partial charge in [0, 0.05) is 12.6 Å². The number of hydrogen-bond donors (Lipinski definition) is 1. The van der Waals surface area contributed by atoms with E-state index in [2.05, 4.69) is 11.4 Å². The van der Waals surface area contributed by atoms with E-state index >= 15 is 0 Å². The molecule has 1 aliphatic rings. The van der Waals surface area contributed by atoms with Crippen LogP contribution in [0.2, 0.25) is 0 Å². The van der Waals surface area contributed by atoms with Crippen LogP contribution in [0.15, 0.2) is 24.3 Å². The Hall–Kier alpha value is -1.33. The Morgan fingerprint density at radius 3 is 2.73 bits per heavy atom. The summed E-state index contributed by atoms with van der Waals surface area (Å²) in [5, 5.41) is 12.5. The van der Waals surface area contributed by atoms with E-state index in [-0.39, 0.29) is 0 Å². The Labute approximate surface area is 90.9 Å². The molecule has 0 heterocycles. The van der Waals surface area contributed by atoms with Gasteiger partial charge in [0.2, 0.25) is 0 Å². The highest BCUT2D eigenvalue weighted by atomic mass is 14.9. The highest BCUT2D eigenvalue weighted by molar-refractivity contribution is 5.37. The Bertz CT molecular complexity index is 359. The number of nitrogens with zero attached hydrogens (tertiary/aromatic N) is 1. The van der Waals surface area contributed by atoms with E-state index in [1.54, 1.807) is 0 Å². The van der Waals surface area contributed by atoms with E-state index in [0.717, 1.165) is 17.7 Å². The molecule has 0 aliphatic heterocycles. The van der Waals surface area contributed by atoms with Crippen LogP contribution in [0.5, 0.6) is 0 Å². The average molecular weight is 200 g/mol. The van der Waals surface area contributed by atoms with Crippen molar-refractivity contribution in [3.63, 3.8) is 0 Å². The first-order valence-corrected chi connectivity index (χ1v) is 5.61. The van der Waals surface area contributed by atoms with E-state index in [0.29, 0.717) is 6.04 Å². The molecule has 1 fully saturated rings. The first-order valence-electron chi connectivity index (χ1n) is 5.61. The molecule has 0 amide bonds. The molecule has 78 valence electrons. The SMILES string of the molecule is N#Cc1ccccc1CNC1CCCC1. The fourth-order valence-corrected chi connectivity index (χ4v) is 2.17. The summed E-state index contributed by atoms with van der Waals surface area (Å²) in [5.74, 6) is 0. The number of rotatable bonds is 3. The molecule has 0 radical (unpaired) electrons. The van der Waals surface area contributed by atoms with Crippen molar-refractivity contribution in [2.24, 2.45) is 0 Å². The summed E-state index contributed by atoms with van der Waals surface area (Å²) in [6, 6.07) is 10.7. The predicted molar refractivity (Wildman–Crippen MR) is 60.3 cm³/mol. The summed E-state index contributed by atoms with van der Waals surface area (Å²) in [6.07, 6.45) is 5.26. The van der Waals surface area contributed by atoms with Crippen LogP contribution in [0.3, 0.4) is 0 Å². The van der Waals surface area contributed by atoms with E-state index in [1.807, 2.05) is 24.3 Å². The third-order valence-corrected chi connectivity index (χ3v) is 3.07. The standard InChI is InChI=1S/C13H16N2/c14-9-11-5-1-2-6-12(11)10-15-13-7-3-4-8-13/h1-2,5-6,13,15H,3-4,7-8,10H2. The van der Waals surface area contributed by atoms with Gasteiger partial charge in [-0.1, -0.05) is 31.0 Å². The van der Waals surface area contributed by atoms with Crippen molar-refractivity contribution in [1.29, 1.82) is 5.26 Å². The summed E-state index contributed by atoms with van der Waals surface area (Å²) in [5.41, 5.74) is 1.91. The maximum Gasteiger partial charge on any atom is 0.0995 e. The molecule has 1 saturated carbocycles. The van der Waals surface area contributed by atoms with Gasteiger partial charge in [-0.3, -0.25) is 0 Å². The summed E-state index contributed by atoms with van der Waals surface area (Å²) >= 11 is 0. The molecule has 0 saturated heterocycles. The van der Waals surface area contributed by atoms with E-state index in [1.165, 1.54) is 25.7 Å². The van der Waals surface area contributed by atoms with Crippen molar-refractivity contribution in [2.75, 3.05) is 0 Å². The van der Waals surface area contributed by atoms with Crippen LogP contribution in [0.4, 0.5) is 0 Å². The Kier molecular flexibility index (Phi) is 3.37. The third kappa shape index (κ3) is 2.57. The molecule has 1 aromatic rings. The van der Waals surface area contributed by atoms with Gasteiger partial charge in [-0.05, 0) is 24.5 Å². The second-order valence-electron chi connectivity index (χ2n) is 4.13. The van der Waals surface area contributed by atoms with Gasteiger partial charge < -0.3 is 5.32 Å². The Morgan fingerprint density at radius 1 is 1.27 bits per heavy atom. The Balaban J connectivity index is 1.95. The topological polar surface area (TPSA) is 35.8 Å². The highest BCUT2D eigenvalue weighted by Crippen LogP contribution is 2.18. The lowest BCUT2D eigenvalue weighted by molar-refractivity contribution is 0.524. The minimum atomic E-state index is 0.664. The van der Waals surface area contributed by atoms with Crippen molar-refractivity contribution in [2.45, 2.75) is 38.3 Å². The molecule has 2 nitrogen and oxygen atoms in total. The molecule has 1 aromatic carbocycles. The van der Waals surface area contributed by atoms with Gasteiger partial charge in [0.05, 0.1) is 11.6 Å². The number of nitrogens with one attached hydrogen (secondary N) is 1. The minimum Gasteiger partial charge on any atom is -0.310 e. The molecule has 15 heavy (non-hydrogen) atoms. The van der Waals surface area contributed by atoms with Gasteiger partial charge in [-0.2, -0.15) is 5.26 Å². The molecule has 2 heteroatoms.